The van der Waals surface area contributed by atoms with E-state index in [1.54, 1.807) is 6.20 Å². The first-order chi connectivity index (χ1) is 9.52. The lowest BCUT2D eigenvalue weighted by atomic mass is 10.1. The van der Waals surface area contributed by atoms with Crippen LogP contribution in [0.2, 0.25) is 0 Å². The lowest BCUT2D eigenvalue weighted by Crippen LogP contribution is -2.03. The number of benzene rings is 1. The van der Waals surface area contributed by atoms with Gasteiger partial charge in [-0.05, 0) is 31.0 Å². The van der Waals surface area contributed by atoms with E-state index in [0.717, 1.165) is 22.8 Å². The number of aryl methyl sites for hydroxylation is 1. The Labute approximate surface area is 125 Å². The highest BCUT2D eigenvalue weighted by Gasteiger charge is 2.12. The number of rotatable bonds is 4. The fraction of sp³-hybridized carbons (Fsp3) is 0.375. The van der Waals surface area contributed by atoms with E-state index in [-0.39, 0.29) is 5.92 Å². The van der Waals surface area contributed by atoms with Crippen molar-refractivity contribution < 1.29 is 4.74 Å². The Balaban J connectivity index is 2.36. The summed E-state index contributed by atoms with van der Waals surface area (Å²) in [6, 6.07) is 5.97. The molecule has 0 saturated carbocycles. The minimum absolute atomic E-state index is 0.270. The molecule has 2 rings (SSSR count). The molecule has 0 atom stereocenters. The van der Waals surface area contributed by atoms with Gasteiger partial charge in [-0.25, -0.2) is 9.97 Å². The number of alkyl halides is 1. The highest BCUT2D eigenvalue weighted by Crippen LogP contribution is 2.29. The molecule has 0 radical (unpaired) electrons. The summed E-state index contributed by atoms with van der Waals surface area (Å²) in [6.45, 7) is 8.20. The third-order valence-electron chi connectivity index (χ3n) is 3.27. The van der Waals surface area contributed by atoms with Gasteiger partial charge in [-0.1, -0.05) is 26.0 Å². The van der Waals surface area contributed by atoms with Gasteiger partial charge in [0.2, 0.25) is 0 Å². The Morgan fingerprint density at radius 2 is 1.95 bits per heavy atom. The summed E-state index contributed by atoms with van der Waals surface area (Å²) in [5.74, 6) is 2.80. The molecule has 0 saturated heterocycles. The third kappa shape index (κ3) is 3.10. The van der Waals surface area contributed by atoms with Crippen LogP contribution in [0.5, 0.6) is 11.5 Å². The van der Waals surface area contributed by atoms with Crippen molar-refractivity contribution in [2.45, 2.75) is 39.5 Å². The van der Waals surface area contributed by atoms with E-state index in [1.165, 1.54) is 5.56 Å². The van der Waals surface area contributed by atoms with E-state index in [9.17, 15) is 0 Å². The third-order valence-corrected chi connectivity index (χ3v) is 3.52. The van der Waals surface area contributed by atoms with Crippen molar-refractivity contribution in [1.82, 2.24) is 9.97 Å². The normalized spacial score (nSPS) is 10.9. The van der Waals surface area contributed by atoms with E-state index in [2.05, 4.69) is 36.8 Å². The number of ether oxygens (including phenoxy) is 1. The van der Waals surface area contributed by atoms with E-state index >= 15 is 0 Å². The zero-order valence-corrected chi connectivity index (χ0v) is 13.0. The van der Waals surface area contributed by atoms with Crippen LogP contribution >= 0.6 is 11.6 Å². The highest BCUT2D eigenvalue weighted by atomic mass is 35.5. The average molecular weight is 291 g/mol. The van der Waals surface area contributed by atoms with Gasteiger partial charge in [0.15, 0.2) is 5.75 Å². The summed E-state index contributed by atoms with van der Waals surface area (Å²) in [5.41, 5.74) is 3.03. The summed E-state index contributed by atoms with van der Waals surface area (Å²) in [5, 5.41) is 0. The van der Waals surface area contributed by atoms with Gasteiger partial charge in [-0.2, -0.15) is 0 Å². The van der Waals surface area contributed by atoms with Crippen LogP contribution in [0.15, 0.2) is 24.4 Å². The van der Waals surface area contributed by atoms with Gasteiger partial charge < -0.3 is 4.74 Å². The number of hydrogen-bond acceptors (Lipinski definition) is 3. The molecule has 0 fully saturated rings. The molecule has 0 aliphatic carbocycles. The van der Waals surface area contributed by atoms with Crippen LogP contribution in [-0.4, -0.2) is 9.97 Å². The van der Waals surface area contributed by atoms with Crippen LogP contribution in [0.1, 0.15) is 42.4 Å². The molecule has 0 amide bonds. The molecule has 2 aromatic rings. The second-order valence-electron chi connectivity index (χ2n) is 5.13. The van der Waals surface area contributed by atoms with Crippen molar-refractivity contribution in [3.05, 3.63) is 47.0 Å². The predicted molar refractivity (Wildman–Crippen MR) is 81.7 cm³/mol. The molecule has 106 valence electrons. The maximum absolute atomic E-state index is 5.98. The quantitative estimate of drug-likeness (QED) is 0.762. The molecule has 3 nitrogen and oxygen atoms in total. The zero-order chi connectivity index (χ0) is 14.7. The van der Waals surface area contributed by atoms with Crippen LogP contribution < -0.4 is 4.74 Å². The molecule has 0 aliphatic rings. The van der Waals surface area contributed by atoms with Crippen LogP contribution in [0.3, 0.4) is 0 Å². The summed E-state index contributed by atoms with van der Waals surface area (Å²) in [7, 11) is 0. The van der Waals surface area contributed by atoms with Gasteiger partial charge in [0.25, 0.3) is 0 Å². The molecule has 4 heteroatoms. The van der Waals surface area contributed by atoms with Crippen molar-refractivity contribution in [3.8, 4) is 11.5 Å². The monoisotopic (exact) mass is 290 g/mol. The Kier molecular flexibility index (Phi) is 4.61. The van der Waals surface area contributed by atoms with Crippen LogP contribution in [0.4, 0.5) is 0 Å². The minimum atomic E-state index is 0.270. The lowest BCUT2D eigenvalue weighted by molar-refractivity contribution is 0.466. The molecule has 1 aromatic carbocycles. The minimum Gasteiger partial charge on any atom is -0.453 e. The Morgan fingerprint density at radius 3 is 2.60 bits per heavy atom. The molecule has 0 aliphatic heterocycles. The number of nitrogens with zero attached hydrogens (tertiary/aromatic N) is 2. The average Bonchev–Trinajstić information content (AvgIpc) is 2.44. The Hall–Kier alpha value is -1.61. The summed E-state index contributed by atoms with van der Waals surface area (Å²) >= 11 is 5.98. The van der Waals surface area contributed by atoms with Crippen molar-refractivity contribution in [1.29, 1.82) is 0 Å². The zero-order valence-electron chi connectivity index (χ0n) is 12.3. The van der Waals surface area contributed by atoms with Gasteiger partial charge in [0.05, 0.1) is 12.1 Å². The maximum atomic E-state index is 5.98. The number of aromatic nitrogens is 2. The Bertz CT molecular complexity index is 611. The first kappa shape index (κ1) is 14.8. The van der Waals surface area contributed by atoms with Crippen LogP contribution in [-0.2, 0) is 5.88 Å². The maximum Gasteiger partial charge on any atom is 0.168 e. The van der Waals surface area contributed by atoms with Crippen molar-refractivity contribution in [2.24, 2.45) is 0 Å². The van der Waals surface area contributed by atoms with Crippen molar-refractivity contribution in [2.75, 3.05) is 0 Å². The van der Waals surface area contributed by atoms with Crippen LogP contribution in [0.25, 0.3) is 0 Å². The highest BCUT2D eigenvalue weighted by molar-refractivity contribution is 6.17. The van der Waals surface area contributed by atoms with E-state index in [0.29, 0.717) is 11.6 Å². The molecule has 0 bridgehead atoms. The van der Waals surface area contributed by atoms with Crippen molar-refractivity contribution >= 4 is 11.6 Å². The second kappa shape index (κ2) is 6.23. The standard InChI is InChI=1S/C16H19ClN2O/c1-10(2)16-18-9-15(13(8-17)19-16)20-14-7-5-6-11(3)12(14)4/h5-7,9-10H,8H2,1-4H3. The summed E-state index contributed by atoms with van der Waals surface area (Å²) in [6.07, 6.45) is 1.71. The Morgan fingerprint density at radius 1 is 1.20 bits per heavy atom. The van der Waals surface area contributed by atoms with Crippen LogP contribution in [0, 0.1) is 13.8 Å². The second-order valence-corrected chi connectivity index (χ2v) is 5.39. The molecule has 0 N–H and O–H groups in total. The summed E-state index contributed by atoms with van der Waals surface area (Å²) in [4.78, 5) is 8.81. The molecule has 1 aromatic heterocycles. The van der Waals surface area contributed by atoms with Gasteiger partial charge in [-0.15, -0.1) is 11.6 Å². The first-order valence-electron chi connectivity index (χ1n) is 6.68. The molecular weight excluding hydrogens is 272 g/mol. The fourth-order valence-electron chi connectivity index (χ4n) is 1.83. The van der Waals surface area contributed by atoms with Gasteiger partial charge >= 0.3 is 0 Å². The van der Waals surface area contributed by atoms with Gasteiger partial charge in [0, 0.05) is 5.92 Å². The predicted octanol–water partition coefficient (Wildman–Crippen LogP) is 4.75. The largest absolute Gasteiger partial charge is 0.453 e. The first-order valence-corrected chi connectivity index (χ1v) is 7.22. The summed E-state index contributed by atoms with van der Waals surface area (Å²) < 4.78 is 5.94. The fourth-order valence-corrected chi connectivity index (χ4v) is 2.03. The lowest BCUT2D eigenvalue weighted by Gasteiger charge is -2.13. The smallest absolute Gasteiger partial charge is 0.168 e. The van der Waals surface area contributed by atoms with E-state index in [4.69, 9.17) is 16.3 Å². The number of hydrogen-bond donors (Lipinski definition) is 0. The number of halogens is 1. The topological polar surface area (TPSA) is 35.0 Å². The molecule has 0 spiro atoms. The molecule has 0 unspecified atom stereocenters. The molecule has 20 heavy (non-hydrogen) atoms. The van der Waals surface area contributed by atoms with Crippen molar-refractivity contribution in [3.63, 3.8) is 0 Å². The van der Waals surface area contributed by atoms with E-state index in [1.807, 2.05) is 19.1 Å². The molecular formula is C16H19ClN2O. The van der Waals surface area contributed by atoms with E-state index < -0.39 is 0 Å². The van der Waals surface area contributed by atoms with Gasteiger partial charge in [0.1, 0.15) is 17.3 Å². The molecule has 1 heterocycles. The van der Waals surface area contributed by atoms with Gasteiger partial charge in [-0.3, -0.25) is 0 Å². The SMILES string of the molecule is Cc1cccc(Oc2cnc(C(C)C)nc2CCl)c1C.